The van der Waals surface area contributed by atoms with Crippen molar-refractivity contribution >= 4 is 45.9 Å². The SMILES string of the molecule is O=C(Nc1ccccc1N1CCOCC1)c1csc(C2CCN(C(=S)NCC3CC3)CC2)n1. The van der Waals surface area contributed by atoms with Crippen LogP contribution in [0.3, 0.4) is 0 Å². The summed E-state index contributed by atoms with van der Waals surface area (Å²) in [5, 5.41) is 10.3. The predicted octanol–water partition coefficient (Wildman–Crippen LogP) is 3.70. The van der Waals surface area contributed by atoms with Crippen LogP contribution in [0, 0.1) is 5.92 Å². The van der Waals surface area contributed by atoms with E-state index in [9.17, 15) is 4.79 Å². The summed E-state index contributed by atoms with van der Waals surface area (Å²) in [7, 11) is 0. The number of ether oxygens (including phenoxy) is 1. The van der Waals surface area contributed by atoms with Gasteiger partial charge in [-0.05, 0) is 56.0 Å². The number of benzene rings is 1. The zero-order valence-corrected chi connectivity index (χ0v) is 20.4. The van der Waals surface area contributed by atoms with E-state index in [4.69, 9.17) is 21.9 Å². The third kappa shape index (κ3) is 5.65. The van der Waals surface area contributed by atoms with Crippen molar-refractivity contribution in [1.29, 1.82) is 0 Å². The summed E-state index contributed by atoms with van der Waals surface area (Å²) in [4.78, 5) is 22.2. The van der Waals surface area contributed by atoms with Gasteiger partial charge in [-0.25, -0.2) is 4.98 Å². The molecule has 0 bridgehead atoms. The predicted molar refractivity (Wildman–Crippen MR) is 136 cm³/mol. The third-order valence-corrected chi connectivity index (χ3v) is 8.04. The summed E-state index contributed by atoms with van der Waals surface area (Å²) in [5.74, 6) is 1.06. The summed E-state index contributed by atoms with van der Waals surface area (Å²) in [6.07, 6.45) is 4.69. The quantitative estimate of drug-likeness (QED) is 0.605. The van der Waals surface area contributed by atoms with Gasteiger partial charge < -0.3 is 25.2 Å². The van der Waals surface area contributed by atoms with E-state index in [1.165, 1.54) is 12.8 Å². The molecule has 1 saturated carbocycles. The van der Waals surface area contributed by atoms with Crippen LogP contribution in [0.5, 0.6) is 0 Å². The largest absolute Gasteiger partial charge is 0.378 e. The van der Waals surface area contributed by atoms with Gasteiger partial charge in [0.1, 0.15) is 5.69 Å². The van der Waals surface area contributed by atoms with Crippen molar-refractivity contribution < 1.29 is 9.53 Å². The number of carbonyl (C=O) groups is 1. The average molecular weight is 486 g/mol. The molecule has 1 aromatic carbocycles. The molecule has 5 rings (SSSR count). The van der Waals surface area contributed by atoms with Crippen molar-refractivity contribution in [2.75, 3.05) is 56.2 Å². The van der Waals surface area contributed by atoms with E-state index in [1.807, 2.05) is 29.6 Å². The lowest BCUT2D eigenvalue weighted by molar-refractivity contribution is 0.102. The first kappa shape index (κ1) is 22.6. The summed E-state index contributed by atoms with van der Waals surface area (Å²) < 4.78 is 5.46. The molecule has 33 heavy (non-hydrogen) atoms. The average Bonchev–Trinajstić information content (AvgIpc) is 3.56. The smallest absolute Gasteiger partial charge is 0.275 e. The Morgan fingerprint density at radius 1 is 1.12 bits per heavy atom. The molecule has 0 atom stereocenters. The molecule has 1 aromatic heterocycles. The number of nitrogens with zero attached hydrogens (tertiary/aromatic N) is 3. The molecule has 9 heteroatoms. The highest BCUT2D eigenvalue weighted by molar-refractivity contribution is 7.80. The van der Waals surface area contributed by atoms with Gasteiger partial charge in [-0.3, -0.25) is 4.79 Å². The first-order valence-corrected chi connectivity index (χ1v) is 13.2. The topological polar surface area (TPSA) is 69.7 Å². The second-order valence-electron chi connectivity index (χ2n) is 9.03. The van der Waals surface area contributed by atoms with E-state index < -0.39 is 0 Å². The molecular weight excluding hydrogens is 454 g/mol. The van der Waals surface area contributed by atoms with Crippen molar-refractivity contribution in [3.8, 4) is 0 Å². The van der Waals surface area contributed by atoms with Gasteiger partial charge in [0.2, 0.25) is 0 Å². The van der Waals surface area contributed by atoms with Crippen molar-refractivity contribution in [1.82, 2.24) is 15.2 Å². The van der Waals surface area contributed by atoms with E-state index in [1.54, 1.807) is 11.3 Å². The number of aromatic nitrogens is 1. The van der Waals surface area contributed by atoms with E-state index in [-0.39, 0.29) is 5.91 Å². The number of rotatable bonds is 6. The molecular formula is C24H31N5O2S2. The second-order valence-corrected chi connectivity index (χ2v) is 10.3. The Hall–Kier alpha value is -2.23. The summed E-state index contributed by atoms with van der Waals surface area (Å²) in [6.45, 7) is 5.95. The van der Waals surface area contributed by atoms with Crippen molar-refractivity contribution in [3.05, 3.63) is 40.3 Å². The zero-order chi connectivity index (χ0) is 22.6. The number of hydrogen-bond acceptors (Lipinski definition) is 6. The number of likely N-dealkylation sites (tertiary alicyclic amines) is 1. The van der Waals surface area contributed by atoms with Crippen LogP contribution in [0.1, 0.15) is 47.1 Å². The molecule has 1 aliphatic carbocycles. The standard InChI is InChI=1S/C24H31N5O2S2/c30-22(26-19-3-1-2-4-21(19)28-11-13-31-14-12-28)20-16-33-23(27-20)18-7-9-29(10-8-18)24(32)25-15-17-5-6-17/h1-4,16-18H,5-15H2,(H,25,32)(H,26,30). The molecule has 3 fully saturated rings. The van der Waals surface area contributed by atoms with Crippen LogP contribution in [0.25, 0.3) is 0 Å². The van der Waals surface area contributed by atoms with Gasteiger partial charge in [0.05, 0.1) is 29.6 Å². The number of thiazole rings is 1. The number of hydrogen-bond donors (Lipinski definition) is 2. The van der Waals surface area contributed by atoms with Gasteiger partial charge >= 0.3 is 0 Å². The van der Waals surface area contributed by atoms with Gasteiger partial charge in [-0.2, -0.15) is 0 Å². The lowest BCUT2D eigenvalue weighted by Gasteiger charge is -2.33. The molecule has 176 valence electrons. The number of nitrogens with one attached hydrogen (secondary N) is 2. The third-order valence-electron chi connectivity index (χ3n) is 6.63. The monoisotopic (exact) mass is 485 g/mol. The lowest BCUT2D eigenvalue weighted by atomic mass is 9.98. The maximum Gasteiger partial charge on any atom is 0.275 e. The maximum atomic E-state index is 13.0. The number of para-hydroxylation sites is 2. The number of amides is 1. The molecule has 1 amide bonds. The summed E-state index contributed by atoms with van der Waals surface area (Å²) in [6, 6.07) is 7.95. The number of morpholine rings is 1. The van der Waals surface area contributed by atoms with Gasteiger partial charge in [0, 0.05) is 44.0 Å². The Bertz CT molecular complexity index is 979. The fourth-order valence-electron chi connectivity index (χ4n) is 4.42. The van der Waals surface area contributed by atoms with Crippen molar-refractivity contribution in [3.63, 3.8) is 0 Å². The van der Waals surface area contributed by atoms with E-state index >= 15 is 0 Å². The fourth-order valence-corrected chi connectivity index (χ4v) is 5.66. The Morgan fingerprint density at radius 3 is 2.64 bits per heavy atom. The molecule has 2 aromatic rings. The minimum absolute atomic E-state index is 0.152. The Labute approximate surface area is 204 Å². The Kier molecular flexibility index (Phi) is 7.08. The highest BCUT2D eigenvalue weighted by atomic mass is 32.1. The molecule has 2 saturated heterocycles. The fraction of sp³-hybridized carbons (Fsp3) is 0.542. The van der Waals surface area contributed by atoms with E-state index in [0.717, 1.165) is 73.0 Å². The molecule has 0 radical (unpaired) electrons. The van der Waals surface area contributed by atoms with Crippen LogP contribution in [0.15, 0.2) is 29.6 Å². The van der Waals surface area contributed by atoms with Crippen LogP contribution in [0.4, 0.5) is 11.4 Å². The molecule has 0 spiro atoms. The maximum absolute atomic E-state index is 13.0. The van der Waals surface area contributed by atoms with Crippen molar-refractivity contribution in [2.45, 2.75) is 31.6 Å². The molecule has 7 nitrogen and oxygen atoms in total. The van der Waals surface area contributed by atoms with Crippen LogP contribution in [0.2, 0.25) is 0 Å². The van der Waals surface area contributed by atoms with Gasteiger partial charge in [-0.1, -0.05) is 12.1 Å². The minimum atomic E-state index is -0.152. The van der Waals surface area contributed by atoms with Gasteiger partial charge in [-0.15, -0.1) is 11.3 Å². The summed E-state index contributed by atoms with van der Waals surface area (Å²) >= 11 is 7.17. The normalized spacial score (nSPS) is 19.4. The highest BCUT2D eigenvalue weighted by Gasteiger charge is 2.27. The van der Waals surface area contributed by atoms with E-state index in [0.29, 0.717) is 24.8 Å². The number of thiocarbonyl (C=S) groups is 1. The van der Waals surface area contributed by atoms with Crippen LogP contribution in [-0.4, -0.2) is 66.8 Å². The van der Waals surface area contributed by atoms with Gasteiger partial charge in [0.15, 0.2) is 5.11 Å². The second kappa shape index (κ2) is 10.4. The molecule has 3 heterocycles. The zero-order valence-electron chi connectivity index (χ0n) is 18.8. The van der Waals surface area contributed by atoms with Crippen LogP contribution in [-0.2, 0) is 4.74 Å². The number of anilines is 2. The molecule has 2 N–H and O–H groups in total. The van der Waals surface area contributed by atoms with Gasteiger partial charge in [0.25, 0.3) is 5.91 Å². The lowest BCUT2D eigenvalue weighted by Crippen LogP contribution is -2.44. The van der Waals surface area contributed by atoms with Crippen molar-refractivity contribution in [2.24, 2.45) is 5.92 Å². The Balaban J connectivity index is 1.17. The van der Waals surface area contributed by atoms with Crippen LogP contribution < -0.4 is 15.5 Å². The minimum Gasteiger partial charge on any atom is -0.378 e. The summed E-state index contributed by atoms with van der Waals surface area (Å²) in [5.41, 5.74) is 2.35. The molecule has 2 aliphatic heterocycles. The first-order valence-electron chi connectivity index (χ1n) is 11.9. The number of carbonyl (C=O) groups excluding carboxylic acids is 1. The van der Waals surface area contributed by atoms with E-state index in [2.05, 4.69) is 20.4 Å². The highest BCUT2D eigenvalue weighted by Crippen LogP contribution is 2.32. The number of piperidine rings is 1. The molecule has 0 unspecified atom stereocenters. The Morgan fingerprint density at radius 2 is 1.88 bits per heavy atom. The first-order chi connectivity index (χ1) is 16.2. The van der Waals surface area contributed by atoms with Crippen LogP contribution >= 0.6 is 23.6 Å². The molecule has 3 aliphatic rings.